The highest BCUT2D eigenvalue weighted by molar-refractivity contribution is 6.30. The molecule has 1 heterocycles. The fourth-order valence-electron chi connectivity index (χ4n) is 4.56. The second kappa shape index (κ2) is 13.3. The van der Waals surface area contributed by atoms with Gasteiger partial charge in [-0.25, -0.2) is 4.98 Å². The average Bonchev–Trinajstić information content (AvgIpc) is 3.25. The summed E-state index contributed by atoms with van der Waals surface area (Å²) < 4.78 is 8.50. The number of hydrogen-bond donors (Lipinski definition) is 1. The largest absolute Gasteiger partial charge is 0.491 e. The monoisotopic (exact) mass is 517 g/mol. The lowest BCUT2D eigenvalue weighted by Gasteiger charge is -2.15. The minimum Gasteiger partial charge on any atom is -0.491 e. The Bertz CT molecular complexity index is 1300. The summed E-state index contributed by atoms with van der Waals surface area (Å²) in [5.74, 6) is 2.52. The van der Waals surface area contributed by atoms with Crippen LogP contribution in [-0.2, 0) is 24.2 Å². The van der Waals surface area contributed by atoms with Crippen molar-refractivity contribution in [1.29, 1.82) is 0 Å². The molecule has 3 aromatic carbocycles. The number of nitrogens with one attached hydrogen (secondary N) is 1. The van der Waals surface area contributed by atoms with Crippen LogP contribution in [0.4, 0.5) is 0 Å². The van der Waals surface area contributed by atoms with E-state index in [0.29, 0.717) is 30.5 Å². The predicted octanol–water partition coefficient (Wildman–Crippen LogP) is 6.96. The summed E-state index contributed by atoms with van der Waals surface area (Å²) in [6, 6.07) is 24.0. The number of carbonyl (C=O) groups is 1. The molecule has 0 spiro atoms. The van der Waals surface area contributed by atoms with Crippen LogP contribution in [0.5, 0.6) is 5.75 Å². The van der Waals surface area contributed by atoms with Crippen LogP contribution in [0.3, 0.4) is 0 Å². The molecule has 0 fully saturated rings. The van der Waals surface area contributed by atoms with Crippen molar-refractivity contribution in [3.05, 3.63) is 94.8 Å². The van der Waals surface area contributed by atoms with Crippen molar-refractivity contribution in [2.75, 3.05) is 13.2 Å². The van der Waals surface area contributed by atoms with E-state index >= 15 is 0 Å². The van der Waals surface area contributed by atoms with Crippen LogP contribution < -0.4 is 10.1 Å². The maximum absolute atomic E-state index is 12.2. The van der Waals surface area contributed by atoms with Crippen molar-refractivity contribution in [2.24, 2.45) is 0 Å². The number of unbranched alkanes of at least 4 members (excludes halogenated alkanes) is 2. The number of hydrogen-bond acceptors (Lipinski definition) is 3. The van der Waals surface area contributed by atoms with Gasteiger partial charge in [0.2, 0.25) is 5.91 Å². The normalized spacial score (nSPS) is 11.2. The van der Waals surface area contributed by atoms with Crippen molar-refractivity contribution in [1.82, 2.24) is 14.9 Å². The van der Waals surface area contributed by atoms with E-state index in [1.54, 1.807) is 0 Å². The number of benzene rings is 3. The smallest absolute Gasteiger partial charge is 0.224 e. The van der Waals surface area contributed by atoms with Gasteiger partial charge in [0, 0.05) is 18.0 Å². The number of aromatic nitrogens is 2. The maximum Gasteiger partial charge on any atom is 0.224 e. The fraction of sp³-hybridized carbons (Fsp3) is 0.355. The van der Waals surface area contributed by atoms with Gasteiger partial charge in [-0.1, -0.05) is 74.3 Å². The van der Waals surface area contributed by atoms with Gasteiger partial charge >= 0.3 is 0 Å². The molecular formula is C31H36ClN3O2. The summed E-state index contributed by atoms with van der Waals surface area (Å²) >= 11 is 5.91. The van der Waals surface area contributed by atoms with Gasteiger partial charge < -0.3 is 14.6 Å². The molecule has 1 amide bonds. The molecule has 6 heteroatoms. The second-order valence-electron chi connectivity index (χ2n) is 9.67. The van der Waals surface area contributed by atoms with E-state index in [0.717, 1.165) is 60.4 Å². The summed E-state index contributed by atoms with van der Waals surface area (Å²) in [7, 11) is 0. The number of aryl methyl sites for hydroxylation is 1. The highest BCUT2D eigenvalue weighted by Crippen LogP contribution is 2.26. The molecule has 37 heavy (non-hydrogen) atoms. The number of halogens is 1. The fourth-order valence-corrected chi connectivity index (χ4v) is 4.69. The number of ether oxygens (including phenoxy) is 1. The Balaban J connectivity index is 1.26. The molecule has 1 aromatic heterocycles. The lowest BCUT2D eigenvalue weighted by Crippen LogP contribution is -2.26. The predicted molar refractivity (Wildman–Crippen MR) is 151 cm³/mol. The Morgan fingerprint density at radius 2 is 1.73 bits per heavy atom. The molecule has 0 bridgehead atoms. The van der Waals surface area contributed by atoms with Crippen LogP contribution in [0, 0.1) is 0 Å². The molecular weight excluding hydrogens is 482 g/mol. The first-order valence-electron chi connectivity index (χ1n) is 13.2. The first-order valence-corrected chi connectivity index (χ1v) is 13.6. The number of rotatable bonds is 13. The topological polar surface area (TPSA) is 56.1 Å². The molecule has 4 aromatic rings. The molecule has 0 atom stereocenters. The quantitative estimate of drug-likeness (QED) is 0.195. The van der Waals surface area contributed by atoms with Crippen molar-refractivity contribution in [3.63, 3.8) is 0 Å². The van der Waals surface area contributed by atoms with E-state index in [4.69, 9.17) is 21.3 Å². The van der Waals surface area contributed by atoms with Gasteiger partial charge in [-0.2, -0.15) is 0 Å². The third kappa shape index (κ3) is 7.59. The molecule has 0 radical (unpaired) electrons. The summed E-state index contributed by atoms with van der Waals surface area (Å²) in [6.07, 6.45) is 4.28. The standard InChI is InChI=1S/C31H36ClN3O2/c1-23(2)26-10-5-8-13-29(26)37-21-20-35-28-12-7-6-11-27(28)34-30(35)14-4-3-9-19-33-31(36)22-24-15-17-25(32)18-16-24/h5-8,10-13,15-18,23H,3-4,9,14,19-22H2,1-2H3,(H,33,36). The molecule has 0 saturated heterocycles. The molecule has 4 rings (SSSR count). The third-order valence-electron chi connectivity index (χ3n) is 6.52. The third-order valence-corrected chi connectivity index (χ3v) is 6.78. The Morgan fingerprint density at radius 1 is 0.973 bits per heavy atom. The number of imidazole rings is 1. The Labute approximate surface area is 224 Å². The van der Waals surface area contributed by atoms with Crippen LogP contribution in [0.1, 0.15) is 56.0 Å². The summed E-state index contributed by atoms with van der Waals surface area (Å²) in [5, 5.41) is 3.71. The van der Waals surface area contributed by atoms with Gasteiger partial charge in [-0.3, -0.25) is 4.79 Å². The van der Waals surface area contributed by atoms with Gasteiger partial charge in [0.15, 0.2) is 0 Å². The lowest BCUT2D eigenvalue weighted by molar-refractivity contribution is -0.120. The second-order valence-corrected chi connectivity index (χ2v) is 10.1. The van der Waals surface area contributed by atoms with Crippen molar-refractivity contribution < 1.29 is 9.53 Å². The molecule has 0 unspecified atom stereocenters. The number of para-hydroxylation sites is 3. The van der Waals surface area contributed by atoms with E-state index in [2.05, 4.69) is 60.1 Å². The van der Waals surface area contributed by atoms with Gasteiger partial charge in [0.25, 0.3) is 0 Å². The van der Waals surface area contributed by atoms with Crippen LogP contribution in [0.15, 0.2) is 72.8 Å². The zero-order valence-corrected chi connectivity index (χ0v) is 22.5. The van der Waals surface area contributed by atoms with Crippen LogP contribution in [-0.4, -0.2) is 28.6 Å². The highest BCUT2D eigenvalue weighted by Gasteiger charge is 2.12. The van der Waals surface area contributed by atoms with Crippen molar-refractivity contribution in [2.45, 2.75) is 58.4 Å². The number of amides is 1. The van der Waals surface area contributed by atoms with E-state index in [-0.39, 0.29) is 5.91 Å². The Morgan fingerprint density at radius 3 is 2.54 bits per heavy atom. The molecule has 0 aliphatic heterocycles. The van der Waals surface area contributed by atoms with E-state index < -0.39 is 0 Å². The SMILES string of the molecule is CC(C)c1ccccc1OCCn1c(CCCCCNC(=O)Cc2ccc(Cl)cc2)nc2ccccc21. The number of nitrogens with zero attached hydrogens (tertiary/aromatic N) is 2. The zero-order chi connectivity index (χ0) is 26.0. The molecule has 0 aliphatic carbocycles. The van der Waals surface area contributed by atoms with Gasteiger partial charge in [-0.15, -0.1) is 0 Å². The molecule has 1 N–H and O–H groups in total. The van der Waals surface area contributed by atoms with Crippen molar-refractivity contribution >= 4 is 28.5 Å². The molecule has 0 saturated carbocycles. The maximum atomic E-state index is 12.2. The van der Waals surface area contributed by atoms with Gasteiger partial charge in [0.1, 0.15) is 18.2 Å². The van der Waals surface area contributed by atoms with Crippen LogP contribution in [0.25, 0.3) is 11.0 Å². The number of carbonyl (C=O) groups excluding carboxylic acids is 1. The lowest BCUT2D eigenvalue weighted by atomic mass is 10.0. The Kier molecular flexibility index (Phi) is 9.61. The molecule has 194 valence electrons. The summed E-state index contributed by atoms with van der Waals surface area (Å²) in [5.41, 5.74) is 4.37. The van der Waals surface area contributed by atoms with Gasteiger partial charge in [-0.05, 0) is 60.2 Å². The zero-order valence-electron chi connectivity index (χ0n) is 21.8. The minimum absolute atomic E-state index is 0.0446. The van der Waals surface area contributed by atoms with Crippen LogP contribution in [0.2, 0.25) is 5.02 Å². The molecule has 5 nitrogen and oxygen atoms in total. The van der Waals surface area contributed by atoms with E-state index in [1.165, 1.54) is 5.56 Å². The summed E-state index contributed by atoms with van der Waals surface area (Å²) in [6.45, 7) is 6.41. The Hall–Kier alpha value is -3.31. The first kappa shape index (κ1) is 26.7. The average molecular weight is 518 g/mol. The van der Waals surface area contributed by atoms with E-state index in [1.807, 2.05) is 36.4 Å². The first-order chi connectivity index (χ1) is 18.0. The number of fused-ring (bicyclic) bond motifs is 1. The summed E-state index contributed by atoms with van der Waals surface area (Å²) in [4.78, 5) is 17.1. The van der Waals surface area contributed by atoms with Crippen molar-refractivity contribution in [3.8, 4) is 5.75 Å². The highest BCUT2D eigenvalue weighted by atomic mass is 35.5. The van der Waals surface area contributed by atoms with Crippen LogP contribution >= 0.6 is 11.6 Å². The van der Waals surface area contributed by atoms with Gasteiger partial charge in [0.05, 0.1) is 24.0 Å². The molecule has 0 aliphatic rings. The van der Waals surface area contributed by atoms with E-state index in [9.17, 15) is 4.79 Å². The minimum atomic E-state index is 0.0446.